The highest BCUT2D eigenvalue weighted by Crippen LogP contribution is 2.14. The number of hydrogen-bond donors (Lipinski definition) is 1. The van der Waals surface area contributed by atoms with Gasteiger partial charge in [-0.1, -0.05) is 42.5 Å². The molecule has 0 aliphatic carbocycles. The van der Waals surface area contributed by atoms with Crippen molar-refractivity contribution < 1.29 is 14.6 Å². The van der Waals surface area contributed by atoms with Crippen molar-refractivity contribution in [1.82, 2.24) is 0 Å². The first-order valence-electron chi connectivity index (χ1n) is 6.81. The van der Waals surface area contributed by atoms with E-state index in [1.165, 1.54) is 18.2 Å². The Bertz CT molecular complexity index is 715. The minimum Gasteiger partial charge on any atom is -0.508 e. The van der Waals surface area contributed by atoms with Crippen LogP contribution >= 0.6 is 0 Å². The first kappa shape index (κ1) is 15.3. The van der Waals surface area contributed by atoms with Gasteiger partial charge >= 0.3 is 5.97 Å². The molecule has 4 nitrogen and oxygen atoms in total. The van der Waals surface area contributed by atoms with E-state index in [-0.39, 0.29) is 17.9 Å². The molecule has 0 heterocycles. The zero-order chi connectivity index (χ0) is 15.8. The van der Waals surface area contributed by atoms with Crippen LogP contribution in [0.2, 0.25) is 0 Å². The molecule has 4 heteroatoms. The summed E-state index contributed by atoms with van der Waals surface area (Å²) in [5.74, 6) is -0.592. The monoisotopic (exact) mass is 293 g/mol. The van der Waals surface area contributed by atoms with Crippen LogP contribution in [-0.2, 0) is 16.0 Å². The highest BCUT2D eigenvalue weighted by Gasteiger charge is 2.10. The van der Waals surface area contributed by atoms with Gasteiger partial charge in [-0.15, -0.1) is 0 Å². The molecule has 110 valence electrons. The molecule has 0 unspecified atom stereocenters. The summed E-state index contributed by atoms with van der Waals surface area (Å²) in [7, 11) is 0. The zero-order valence-corrected chi connectivity index (χ0v) is 11.9. The number of nitrogens with zero attached hydrogens (tertiary/aromatic N) is 1. The molecule has 2 rings (SSSR count). The van der Waals surface area contributed by atoms with E-state index in [0.717, 1.165) is 5.56 Å². The fraction of sp³-hybridized carbons (Fsp3) is 0.111. The molecule has 0 aliphatic rings. The number of aromatic hydroxyl groups is 1. The van der Waals surface area contributed by atoms with Crippen molar-refractivity contribution in [3.05, 3.63) is 71.3 Å². The normalized spacial score (nSPS) is 10.8. The van der Waals surface area contributed by atoms with E-state index >= 15 is 0 Å². The highest BCUT2D eigenvalue weighted by atomic mass is 16.5. The number of rotatable bonds is 5. The maximum absolute atomic E-state index is 11.9. The molecular weight excluding hydrogens is 278 g/mol. The van der Waals surface area contributed by atoms with Crippen molar-refractivity contribution in [1.29, 1.82) is 5.26 Å². The molecular formula is C18H15NO3. The molecule has 1 N–H and O–H groups in total. The van der Waals surface area contributed by atoms with Crippen molar-refractivity contribution in [3.8, 4) is 11.8 Å². The fourth-order valence-electron chi connectivity index (χ4n) is 1.90. The summed E-state index contributed by atoms with van der Waals surface area (Å²) < 4.78 is 5.11. The topological polar surface area (TPSA) is 70.3 Å². The number of esters is 1. The van der Waals surface area contributed by atoms with E-state index in [1.807, 2.05) is 36.4 Å². The van der Waals surface area contributed by atoms with E-state index in [2.05, 4.69) is 0 Å². The molecule has 0 amide bonds. The summed E-state index contributed by atoms with van der Waals surface area (Å²) >= 11 is 0. The maximum Gasteiger partial charge on any atom is 0.348 e. The van der Waals surface area contributed by atoms with Crippen LogP contribution in [0, 0.1) is 11.3 Å². The third-order valence-electron chi connectivity index (χ3n) is 2.99. The van der Waals surface area contributed by atoms with Gasteiger partial charge in [-0.2, -0.15) is 5.26 Å². The fourth-order valence-corrected chi connectivity index (χ4v) is 1.90. The molecule has 0 spiro atoms. The molecule has 0 fully saturated rings. The van der Waals surface area contributed by atoms with E-state index in [9.17, 15) is 9.90 Å². The number of hydrogen-bond acceptors (Lipinski definition) is 4. The number of ether oxygens (including phenoxy) is 1. The van der Waals surface area contributed by atoms with Gasteiger partial charge in [-0.05, 0) is 29.3 Å². The molecule has 22 heavy (non-hydrogen) atoms. The minimum atomic E-state index is -0.665. The summed E-state index contributed by atoms with van der Waals surface area (Å²) in [5.41, 5.74) is 1.53. The van der Waals surface area contributed by atoms with Crippen LogP contribution in [0.4, 0.5) is 0 Å². The number of nitriles is 1. The Hall–Kier alpha value is -3.06. The zero-order valence-electron chi connectivity index (χ0n) is 11.9. The number of phenolic OH excluding ortho intramolecular Hbond substituents is 1. The highest BCUT2D eigenvalue weighted by molar-refractivity contribution is 5.97. The number of phenols is 1. The number of carbonyl (C=O) groups is 1. The Morgan fingerprint density at radius 1 is 1.18 bits per heavy atom. The van der Waals surface area contributed by atoms with Gasteiger partial charge in [0.15, 0.2) is 0 Å². The van der Waals surface area contributed by atoms with Gasteiger partial charge in [-0.25, -0.2) is 4.79 Å². The van der Waals surface area contributed by atoms with Crippen LogP contribution in [0.25, 0.3) is 6.08 Å². The largest absolute Gasteiger partial charge is 0.508 e. The second kappa shape index (κ2) is 7.65. The predicted molar refractivity (Wildman–Crippen MR) is 82.8 cm³/mol. The molecule has 0 saturated heterocycles. The smallest absolute Gasteiger partial charge is 0.348 e. The van der Waals surface area contributed by atoms with Gasteiger partial charge in [0.05, 0.1) is 6.61 Å². The van der Waals surface area contributed by atoms with Crippen molar-refractivity contribution >= 4 is 12.0 Å². The molecule has 2 aromatic rings. The molecule has 0 aromatic heterocycles. The van der Waals surface area contributed by atoms with Gasteiger partial charge in [-0.3, -0.25) is 0 Å². The van der Waals surface area contributed by atoms with E-state index in [1.54, 1.807) is 12.1 Å². The van der Waals surface area contributed by atoms with Gasteiger partial charge in [0.25, 0.3) is 0 Å². The van der Waals surface area contributed by atoms with Crippen molar-refractivity contribution in [2.75, 3.05) is 6.61 Å². The van der Waals surface area contributed by atoms with Crippen LogP contribution in [0.3, 0.4) is 0 Å². The first-order chi connectivity index (χ1) is 10.7. The van der Waals surface area contributed by atoms with Gasteiger partial charge < -0.3 is 9.84 Å². The van der Waals surface area contributed by atoms with Crippen LogP contribution in [-0.4, -0.2) is 17.7 Å². The third kappa shape index (κ3) is 4.50. The Morgan fingerprint density at radius 2 is 1.95 bits per heavy atom. The minimum absolute atomic E-state index is 0.0727. The first-order valence-corrected chi connectivity index (χ1v) is 6.81. The Morgan fingerprint density at radius 3 is 2.64 bits per heavy atom. The van der Waals surface area contributed by atoms with E-state index in [0.29, 0.717) is 12.0 Å². The second-order valence-electron chi connectivity index (χ2n) is 4.64. The molecule has 2 aromatic carbocycles. The van der Waals surface area contributed by atoms with Crippen LogP contribution in [0.5, 0.6) is 5.75 Å². The van der Waals surface area contributed by atoms with E-state index in [4.69, 9.17) is 10.00 Å². The Kier molecular flexibility index (Phi) is 5.33. The summed E-state index contributed by atoms with van der Waals surface area (Å²) in [6.45, 7) is 0.210. The molecule has 0 saturated carbocycles. The average Bonchev–Trinajstić information content (AvgIpc) is 2.53. The van der Waals surface area contributed by atoms with Crippen molar-refractivity contribution in [3.63, 3.8) is 0 Å². The maximum atomic E-state index is 11.9. The van der Waals surface area contributed by atoms with Gasteiger partial charge in [0, 0.05) is 6.42 Å². The Labute approximate surface area is 128 Å². The quantitative estimate of drug-likeness (QED) is 0.522. The average molecular weight is 293 g/mol. The van der Waals surface area contributed by atoms with Crippen LogP contribution in [0.1, 0.15) is 11.1 Å². The third-order valence-corrected chi connectivity index (χ3v) is 2.99. The molecule has 0 aliphatic heterocycles. The van der Waals surface area contributed by atoms with Gasteiger partial charge in [0.1, 0.15) is 17.4 Å². The molecule has 0 bridgehead atoms. The van der Waals surface area contributed by atoms with Crippen LogP contribution < -0.4 is 0 Å². The summed E-state index contributed by atoms with van der Waals surface area (Å²) in [4.78, 5) is 11.9. The summed E-state index contributed by atoms with van der Waals surface area (Å²) in [6.07, 6.45) is 1.99. The van der Waals surface area contributed by atoms with Crippen molar-refractivity contribution in [2.24, 2.45) is 0 Å². The van der Waals surface area contributed by atoms with Crippen molar-refractivity contribution in [2.45, 2.75) is 6.42 Å². The van der Waals surface area contributed by atoms with E-state index < -0.39 is 5.97 Å². The predicted octanol–water partition coefficient (Wildman–Crippen LogP) is 3.09. The SMILES string of the molecule is N#C/C(=C\c1cccc(O)c1)C(=O)OCCc1ccccc1. The lowest BCUT2D eigenvalue weighted by atomic mass is 10.1. The lowest BCUT2D eigenvalue weighted by molar-refractivity contribution is -0.138. The number of carbonyl (C=O) groups excluding carboxylic acids is 1. The lowest BCUT2D eigenvalue weighted by Crippen LogP contribution is -2.09. The molecule has 0 radical (unpaired) electrons. The summed E-state index contributed by atoms with van der Waals surface area (Å²) in [6, 6.07) is 17.8. The second-order valence-corrected chi connectivity index (χ2v) is 4.64. The summed E-state index contributed by atoms with van der Waals surface area (Å²) in [5, 5.41) is 18.4. The Balaban J connectivity index is 1.96. The van der Waals surface area contributed by atoms with Crippen LogP contribution in [0.15, 0.2) is 60.2 Å². The standard InChI is InChI=1S/C18H15NO3/c19-13-16(11-15-7-4-8-17(20)12-15)18(21)22-10-9-14-5-2-1-3-6-14/h1-8,11-12,20H,9-10H2/b16-11+. The lowest BCUT2D eigenvalue weighted by Gasteiger charge is -2.04. The molecule has 0 atom stereocenters. The number of benzene rings is 2. The van der Waals surface area contributed by atoms with Gasteiger partial charge in [0.2, 0.25) is 0 Å².